The van der Waals surface area contributed by atoms with Gasteiger partial charge in [-0.15, -0.1) is 0 Å². The first-order chi connectivity index (χ1) is 7.93. The van der Waals surface area contributed by atoms with Crippen molar-refractivity contribution in [2.45, 2.75) is 67.9 Å². The zero-order valence-electron chi connectivity index (χ0n) is 12.7. The summed E-state index contributed by atoms with van der Waals surface area (Å²) in [4.78, 5) is 18.9. The van der Waals surface area contributed by atoms with E-state index in [0.717, 1.165) is 6.42 Å². The van der Waals surface area contributed by atoms with Crippen LogP contribution in [0.4, 0.5) is 0 Å². The van der Waals surface area contributed by atoms with Crippen LogP contribution < -0.4 is 5.32 Å². The molecule has 0 aromatic heterocycles. The largest absolute Gasteiger partial charge is 0.483 e. The molecular formula is C13H31NO3. The quantitative estimate of drug-likeness (QED) is 0.754. The summed E-state index contributed by atoms with van der Waals surface area (Å²) in [5.74, 6) is 0.718. The highest BCUT2D eigenvalue weighted by Crippen LogP contribution is 2.02. The van der Waals surface area contributed by atoms with Crippen LogP contribution in [-0.2, 0) is 9.59 Å². The van der Waals surface area contributed by atoms with Crippen LogP contribution in [0.5, 0.6) is 0 Å². The van der Waals surface area contributed by atoms with Gasteiger partial charge in [0.25, 0.3) is 6.47 Å². The van der Waals surface area contributed by atoms with Crippen molar-refractivity contribution in [1.29, 1.82) is 0 Å². The van der Waals surface area contributed by atoms with Crippen molar-refractivity contribution in [3.63, 3.8) is 0 Å². The second-order valence-electron chi connectivity index (χ2n) is 3.34. The fourth-order valence-electron chi connectivity index (χ4n) is 1.11. The fraction of sp³-hybridized carbons (Fsp3) is 0.846. The van der Waals surface area contributed by atoms with Gasteiger partial charge in [-0.2, -0.15) is 0 Å². The van der Waals surface area contributed by atoms with Gasteiger partial charge in [-0.05, 0) is 19.3 Å². The molecule has 0 aromatic rings. The molecule has 4 heteroatoms. The lowest BCUT2D eigenvalue weighted by atomic mass is 10.1. The lowest BCUT2D eigenvalue weighted by Crippen LogP contribution is -2.31. The van der Waals surface area contributed by atoms with Crippen LogP contribution >= 0.6 is 0 Å². The summed E-state index contributed by atoms with van der Waals surface area (Å²) in [7, 11) is 0. The molecule has 0 bridgehead atoms. The van der Waals surface area contributed by atoms with Crippen molar-refractivity contribution >= 4 is 12.4 Å². The Bertz CT molecular complexity index is 148. The van der Waals surface area contributed by atoms with Gasteiger partial charge in [-0.3, -0.25) is 9.59 Å². The number of hydrogen-bond donors (Lipinski definition) is 2. The zero-order chi connectivity index (χ0) is 14.9. The average Bonchev–Trinajstić information content (AvgIpc) is 2.22. The number of carbonyl (C=O) groups excluding carboxylic acids is 1. The highest BCUT2D eigenvalue weighted by atomic mass is 16.3. The topological polar surface area (TPSA) is 66.4 Å². The molecule has 106 valence electrons. The van der Waals surface area contributed by atoms with E-state index >= 15 is 0 Å². The molecule has 17 heavy (non-hydrogen) atoms. The summed E-state index contributed by atoms with van der Waals surface area (Å²) < 4.78 is 0. The Hall–Kier alpha value is -1.06. The maximum Gasteiger partial charge on any atom is 0.290 e. The fourth-order valence-corrected chi connectivity index (χ4v) is 1.11. The van der Waals surface area contributed by atoms with Crippen molar-refractivity contribution in [3.8, 4) is 0 Å². The lowest BCUT2D eigenvalue weighted by molar-refractivity contribution is -0.123. The van der Waals surface area contributed by atoms with E-state index in [4.69, 9.17) is 9.90 Å². The number of carbonyl (C=O) groups is 2. The lowest BCUT2D eigenvalue weighted by Gasteiger charge is -2.13. The molecule has 1 atom stereocenters. The molecule has 0 fully saturated rings. The van der Waals surface area contributed by atoms with Gasteiger partial charge >= 0.3 is 0 Å². The van der Waals surface area contributed by atoms with E-state index < -0.39 is 0 Å². The van der Waals surface area contributed by atoms with Crippen LogP contribution in [0.3, 0.4) is 0 Å². The maximum absolute atomic E-state index is 10.5. The Labute approximate surface area is 107 Å². The molecule has 0 radical (unpaired) electrons. The third-order valence-corrected chi connectivity index (χ3v) is 1.27. The standard InChI is InChI=1S/C8H17NO.2C2H6.CH2O2/c1-6(2)5-7(3)9-8(4)10;2*1-2;2-1-3/h6-7H,5H2,1-4H3,(H,9,10);2*1-2H3;1H,(H,2,3). The van der Waals surface area contributed by atoms with Crippen LogP contribution in [-0.4, -0.2) is 23.5 Å². The van der Waals surface area contributed by atoms with E-state index in [1.54, 1.807) is 6.92 Å². The molecule has 0 rings (SSSR count). The Balaban J connectivity index is -0.000000102. The molecule has 2 N–H and O–H groups in total. The van der Waals surface area contributed by atoms with Gasteiger partial charge in [0.15, 0.2) is 0 Å². The minimum Gasteiger partial charge on any atom is -0.483 e. The van der Waals surface area contributed by atoms with Gasteiger partial charge in [-0.1, -0.05) is 41.5 Å². The Kier molecular flexibility index (Phi) is 35.6. The molecule has 4 nitrogen and oxygen atoms in total. The Morgan fingerprint density at radius 1 is 1.18 bits per heavy atom. The van der Waals surface area contributed by atoms with Crippen molar-refractivity contribution in [2.24, 2.45) is 5.92 Å². The molecule has 0 aliphatic carbocycles. The first-order valence-electron chi connectivity index (χ1n) is 6.29. The predicted molar refractivity (Wildman–Crippen MR) is 74.1 cm³/mol. The second kappa shape index (κ2) is 24.3. The predicted octanol–water partition coefficient (Wildman–Crippen LogP) is 3.31. The van der Waals surface area contributed by atoms with E-state index in [9.17, 15) is 4.79 Å². The van der Waals surface area contributed by atoms with Gasteiger partial charge in [0.2, 0.25) is 5.91 Å². The zero-order valence-corrected chi connectivity index (χ0v) is 12.7. The minimum atomic E-state index is -0.250. The van der Waals surface area contributed by atoms with Crippen molar-refractivity contribution in [1.82, 2.24) is 5.32 Å². The average molecular weight is 249 g/mol. The smallest absolute Gasteiger partial charge is 0.290 e. The van der Waals surface area contributed by atoms with Gasteiger partial charge in [0.1, 0.15) is 0 Å². The van der Waals surface area contributed by atoms with Crippen LogP contribution in [0, 0.1) is 5.92 Å². The summed E-state index contributed by atoms with van der Waals surface area (Å²) in [6.07, 6.45) is 1.06. The summed E-state index contributed by atoms with van der Waals surface area (Å²) >= 11 is 0. The molecule has 0 aromatic carbocycles. The normalized spacial score (nSPS) is 9.24. The van der Waals surface area contributed by atoms with Crippen LogP contribution in [0.2, 0.25) is 0 Å². The second-order valence-corrected chi connectivity index (χ2v) is 3.34. The van der Waals surface area contributed by atoms with Gasteiger partial charge in [0.05, 0.1) is 0 Å². The summed E-state index contributed by atoms with van der Waals surface area (Å²) in [5.41, 5.74) is 0. The Morgan fingerprint density at radius 2 is 1.47 bits per heavy atom. The van der Waals surface area contributed by atoms with Gasteiger partial charge in [0, 0.05) is 13.0 Å². The van der Waals surface area contributed by atoms with Crippen LogP contribution in [0.1, 0.15) is 61.8 Å². The third kappa shape index (κ3) is 51.9. The molecule has 0 aliphatic rings. The SMILES string of the molecule is CC.CC.CC(=O)NC(C)CC(C)C.O=CO. The third-order valence-electron chi connectivity index (χ3n) is 1.27. The first-order valence-corrected chi connectivity index (χ1v) is 6.29. The van der Waals surface area contributed by atoms with E-state index in [0.29, 0.717) is 12.0 Å². The molecule has 0 aliphatic heterocycles. The summed E-state index contributed by atoms with van der Waals surface area (Å²) in [6, 6.07) is 0.317. The molecular weight excluding hydrogens is 218 g/mol. The minimum absolute atomic E-state index is 0.0631. The van der Waals surface area contributed by atoms with Gasteiger partial charge in [-0.25, -0.2) is 0 Å². The summed E-state index contributed by atoms with van der Waals surface area (Å²) in [5, 5.41) is 9.72. The highest BCUT2D eigenvalue weighted by Gasteiger charge is 2.04. The van der Waals surface area contributed by atoms with E-state index in [-0.39, 0.29) is 12.4 Å². The number of nitrogens with one attached hydrogen (secondary N) is 1. The van der Waals surface area contributed by atoms with Crippen LogP contribution in [0.15, 0.2) is 0 Å². The van der Waals surface area contributed by atoms with Crippen molar-refractivity contribution < 1.29 is 14.7 Å². The summed E-state index contributed by atoms with van der Waals surface area (Å²) in [6.45, 7) is 15.6. The van der Waals surface area contributed by atoms with Crippen molar-refractivity contribution in [2.75, 3.05) is 0 Å². The van der Waals surface area contributed by atoms with E-state index in [1.165, 1.54) is 0 Å². The Morgan fingerprint density at radius 3 is 1.65 bits per heavy atom. The number of amides is 1. The first kappa shape index (κ1) is 25.0. The van der Waals surface area contributed by atoms with Crippen molar-refractivity contribution in [3.05, 3.63) is 0 Å². The number of hydrogen-bond acceptors (Lipinski definition) is 2. The number of carboxylic acid groups (broad SMARTS) is 1. The molecule has 0 saturated heterocycles. The molecule has 1 unspecified atom stereocenters. The molecule has 0 spiro atoms. The molecule has 0 heterocycles. The van der Waals surface area contributed by atoms with Crippen LogP contribution in [0.25, 0.3) is 0 Å². The molecule has 0 saturated carbocycles. The van der Waals surface area contributed by atoms with E-state index in [2.05, 4.69) is 19.2 Å². The highest BCUT2D eigenvalue weighted by molar-refractivity contribution is 5.73. The maximum atomic E-state index is 10.5. The number of rotatable bonds is 3. The van der Waals surface area contributed by atoms with E-state index in [1.807, 2.05) is 34.6 Å². The molecule has 1 amide bonds. The monoisotopic (exact) mass is 249 g/mol. The van der Waals surface area contributed by atoms with Gasteiger partial charge < -0.3 is 10.4 Å².